The molecule has 1 aliphatic heterocycles. The van der Waals surface area contributed by atoms with Crippen LogP contribution in [0.3, 0.4) is 0 Å². The maximum atomic E-state index is 6.28. The van der Waals surface area contributed by atoms with E-state index in [0.29, 0.717) is 5.41 Å². The van der Waals surface area contributed by atoms with Gasteiger partial charge in [0, 0.05) is 18.1 Å². The van der Waals surface area contributed by atoms with Crippen LogP contribution >= 0.6 is 0 Å². The number of rotatable bonds is 3. The van der Waals surface area contributed by atoms with Crippen molar-refractivity contribution in [3.05, 3.63) is 0 Å². The van der Waals surface area contributed by atoms with Crippen LogP contribution in [0.4, 0.5) is 0 Å². The molecule has 2 fully saturated rings. The molecule has 0 aromatic heterocycles. The molecule has 3 heteroatoms. The molecule has 0 radical (unpaired) electrons. The van der Waals surface area contributed by atoms with Crippen LogP contribution in [0.25, 0.3) is 0 Å². The van der Waals surface area contributed by atoms with Gasteiger partial charge in [-0.3, -0.25) is 4.90 Å². The smallest absolute Gasteiger partial charge is 0.0331 e. The molecule has 0 spiro atoms. The van der Waals surface area contributed by atoms with E-state index in [1.54, 1.807) is 0 Å². The topological polar surface area (TPSA) is 32.5 Å². The summed E-state index contributed by atoms with van der Waals surface area (Å²) in [4.78, 5) is 5.14. The molecule has 0 aromatic carbocycles. The first-order valence-electron chi connectivity index (χ1n) is 8.50. The molecule has 0 amide bonds. The molecule has 1 atom stereocenters. The second-order valence-electron chi connectivity index (χ2n) is 8.09. The fourth-order valence-electron chi connectivity index (χ4n) is 4.19. The van der Waals surface area contributed by atoms with Crippen LogP contribution < -0.4 is 5.73 Å². The van der Waals surface area contributed by atoms with Crippen molar-refractivity contribution in [3.63, 3.8) is 0 Å². The van der Waals surface area contributed by atoms with Gasteiger partial charge in [0.2, 0.25) is 0 Å². The van der Waals surface area contributed by atoms with Crippen LogP contribution in [0, 0.1) is 5.41 Å². The van der Waals surface area contributed by atoms with Crippen LogP contribution in [-0.4, -0.2) is 55.1 Å². The fraction of sp³-hybridized carbons (Fsp3) is 1.00. The Hall–Kier alpha value is -0.120. The fourth-order valence-corrected chi connectivity index (χ4v) is 4.19. The van der Waals surface area contributed by atoms with Crippen molar-refractivity contribution in [2.75, 3.05) is 33.7 Å². The summed E-state index contributed by atoms with van der Waals surface area (Å²) in [6.07, 6.45) is 9.18. The first-order valence-corrected chi connectivity index (χ1v) is 8.50. The predicted octanol–water partition coefficient (Wildman–Crippen LogP) is 2.70. The van der Waals surface area contributed by atoms with E-state index in [1.165, 1.54) is 58.0 Å². The lowest BCUT2D eigenvalue weighted by Crippen LogP contribution is -2.57. The Morgan fingerprint density at radius 2 is 1.75 bits per heavy atom. The van der Waals surface area contributed by atoms with Gasteiger partial charge in [0.1, 0.15) is 0 Å². The minimum absolute atomic E-state index is 0.258. The summed E-state index contributed by atoms with van der Waals surface area (Å²) in [7, 11) is 4.59. The normalized spacial score (nSPS) is 33.3. The molecular weight excluding hydrogens is 246 g/mol. The van der Waals surface area contributed by atoms with Gasteiger partial charge in [-0.05, 0) is 71.1 Å². The van der Waals surface area contributed by atoms with Gasteiger partial charge in [0.15, 0.2) is 0 Å². The van der Waals surface area contributed by atoms with Gasteiger partial charge in [-0.25, -0.2) is 0 Å². The van der Waals surface area contributed by atoms with Gasteiger partial charge in [-0.1, -0.05) is 20.3 Å². The standard InChI is InChI=1S/C17H35N3/c1-16(2)8-5-9-17(14-18,11-10-16)20(4)15-6-12-19(3)13-7-15/h15H,5-14,18H2,1-4H3. The Balaban J connectivity index is 2.05. The molecule has 118 valence electrons. The van der Waals surface area contributed by atoms with Gasteiger partial charge >= 0.3 is 0 Å². The molecule has 1 aliphatic carbocycles. The average Bonchev–Trinajstić information content (AvgIpc) is 2.58. The number of nitrogens with two attached hydrogens (primary N) is 1. The first kappa shape index (κ1) is 16.3. The molecule has 0 bridgehead atoms. The Kier molecular flexibility index (Phi) is 5.14. The maximum absolute atomic E-state index is 6.28. The summed E-state index contributed by atoms with van der Waals surface area (Å²) >= 11 is 0. The summed E-state index contributed by atoms with van der Waals surface area (Å²) in [5, 5.41) is 0. The lowest BCUT2D eigenvalue weighted by Gasteiger charge is -2.47. The van der Waals surface area contributed by atoms with Crippen LogP contribution in [-0.2, 0) is 0 Å². The van der Waals surface area contributed by atoms with Gasteiger partial charge in [-0.15, -0.1) is 0 Å². The van der Waals surface area contributed by atoms with E-state index in [9.17, 15) is 0 Å². The van der Waals surface area contributed by atoms with Crippen LogP contribution in [0.5, 0.6) is 0 Å². The Morgan fingerprint density at radius 3 is 2.35 bits per heavy atom. The van der Waals surface area contributed by atoms with Crippen molar-refractivity contribution < 1.29 is 0 Å². The maximum Gasteiger partial charge on any atom is 0.0331 e. The zero-order valence-electron chi connectivity index (χ0n) is 14.1. The molecule has 2 N–H and O–H groups in total. The first-order chi connectivity index (χ1) is 9.38. The number of piperidine rings is 1. The zero-order chi connectivity index (χ0) is 14.8. The molecule has 2 aliphatic rings. The molecule has 1 saturated heterocycles. The molecule has 1 unspecified atom stereocenters. The second kappa shape index (κ2) is 6.33. The predicted molar refractivity (Wildman–Crippen MR) is 86.9 cm³/mol. The van der Waals surface area contributed by atoms with Crippen LogP contribution in [0.15, 0.2) is 0 Å². The van der Waals surface area contributed by atoms with E-state index in [1.807, 2.05) is 0 Å². The Bertz CT molecular complexity index is 307. The van der Waals surface area contributed by atoms with E-state index in [4.69, 9.17) is 5.73 Å². The number of likely N-dealkylation sites (tertiary alicyclic amines) is 1. The summed E-state index contributed by atoms with van der Waals surface area (Å²) in [6.45, 7) is 8.15. The molecule has 0 aromatic rings. The van der Waals surface area contributed by atoms with E-state index < -0.39 is 0 Å². The molecule has 20 heavy (non-hydrogen) atoms. The summed E-state index contributed by atoms with van der Waals surface area (Å²) in [5.74, 6) is 0. The van der Waals surface area contributed by atoms with Crippen LogP contribution in [0.2, 0.25) is 0 Å². The molecule has 1 heterocycles. The third kappa shape index (κ3) is 3.55. The number of nitrogens with zero attached hydrogens (tertiary/aromatic N) is 2. The average molecular weight is 281 g/mol. The van der Waals surface area contributed by atoms with Crippen molar-refractivity contribution in [3.8, 4) is 0 Å². The molecule has 1 saturated carbocycles. The molecular formula is C17H35N3. The number of hydrogen-bond donors (Lipinski definition) is 1. The van der Waals surface area contributed by atoms with E-state index in [0.717, 1.165) is 12.6 Å². The minimum atomic E-state index is 0.258. The van der Waals surface area contributed by atoms with Crippen molar-refractivity contribution in [2.45, 2.75) is 70.4 Å². The highest BCUT2D eigenvalue weighted by Crippen LogP contribution is 2.41. The lowest BCUT2D eigenvalue weighted by molar-refractivity contribution is 0.0311. The summed E-state index contributed by atoms with van der Waals surface area (Å²) in [6, 6.07) is 0.732. The third-order valence-corrected chi connectivity index (χ3v) is 6.13. The lowest BCUT2D eigenvalue weighted by atomic mass is 9.82. The van der Waals surface area contributed by atoms with Crippen molar-refractivity contribution in [1.82, 2.24) is 9.80 Å². The van der Waals surface area contributed by atoms with Gasteiger partial charge < -0.3 is 10.6 Å². The van der Waals surface area contributed by atoms with Gasteiger partial charge in [0.05, 0.1) is 0 Å². The largest absolute Gasteiger partial charge is 0.329 e. The monoisotopic (exact) mass is 281 g/mol. The highest BCUT2D eigenvalue weighted by molar-refractivity contribution is 4.97. The Labute approximate surface area is 125 Å². The van der Waals surface area contributed by atoms with E-state index >= 15 is 0 Å². The van der Waals surface area contributed by atoms with Gasteiger partial charge in [0.25, 0.3) is 0 Å². The summed E-state index contributed by atoms with van der Waals surface area (Å²) in [5.41, 5.74) is 7.04. The van der Waals surface area contributed by atoms with Crippen molar-refractivity contribution in [1.29, 1.82) is 0 Å². The Morgan fingerprint density at radius 1 is 1.10 bits per heavy atom. The third-order valence-electron chi connectivity index (χ3n) is 6.13. The van der Waals surface area contributed by atoms with Crippen molar-refractivity contribution >= 4 is 0 Å². The summed E-state index contributed by atoms with van der Waals surface area (Å²) < 4.78 is 0. The molecule has 3 nitrogen and oxygen atoms in total. The SMILES string of the molecule is CN1CCC(N(C)C2(CN)CCCC(C)(C)CC2)CC1. The number of likely N-dealkylation sites (N-methyl/N-ethyl adjacent to an activating group) is 1. The minimum Gasteiger partial charge on any atom is -0.329 e. The van der Waals surface area contributed by atoms with Gasteiger partial charge in [-0.2, -0.15) is 0 Å². The van der Waals surface area contributed by atoms with E-state index in [-0.39, 0.29) is 5.54 Å². The second-order valence-corrected chi connectivity index (χ2v) is 8.09. The highest BCUT2D eigenvalue weighted by Gasteiger charge is 2.40. The number of hydrogen-bond acceptors (Lipinski definition) is 3. The highest BCUT2D eigenvalue weighted by atomic mass is 15.2. The molecule has 2 rings (SSSR count). The van der Waals surface area contributed by atoms with Crippen LogP contribution in [0.1, 0.15) is 58.8 Å². The van der Waals surface area contributed by atoms with E-state index in [2.05, 4.69) is 37.7 Å². The quantitative estimate of drug-likeness (QED) is 0.807. The zero-order valence-corrected chi connectivity index (χ0v) is 14.1. The van der Waals surface area contributed by atoms with Crippen molar-refractivity contribution in [2.24, 2.45) is 11.1 Å².